The summed E-state index contributed by atoms with van der Waals surface area (Å²) in [5.74, 6) is -0.651. The van der Waals surface area contributed by atoms with Crippen molar-refractivity contribution in [1.29, 1.82) is 0 Å². The molecule has 26 heavy (non-hydrogen) atoms. The molecule has 0 unspecified atom stereocenters. The predicted molar refractivity (Wildman–Crippen MR) is 93.0 cm³/mol. The highest BCUT2D eigenvalue weighted by atomic mass is 19.4. The van der Waals surface area contributed by atoms with Gasteiger partial charge in [0.05, 0.1) is 11.3 Å². The van der Waals surface area contributed by atoms with Gasteiger partial charge in [-0.3, -0.25) is 9.59 Å². The molecule has 0 aliphatic carbocycles. The molecule has 2 rings (SSSR count). The van der Waals surface area contributed by atoms with Crippen LogP contribution >= 0.6 is 0 Å². The first kappa shape index (κ1) is 19.5. The number of anilines is 1. The van der Waals surface area contributed by atoms with E-state index in [1.165, 1.54) is 42.5 Å². The molecular formula is C19H19F3N2O2. The van der Waals surface area contributed by atoms with Crippen LogP contribution in [0.1, 0.15) is 40.1 Å². The zero-order valence-electron chi connectivity index (χ0n) is 14.4. The van der Waals surface area contributed by atoms with E-state index in [-0.39, 0.29) is 17.2 Å². The van der Waals surface area contributed by atoms with E-state index < -0.39 is 17.6 Å². The fourth-order valence-electron chi connectivity index (χ4n) is 2.21. The molecule has 2 aromatic rings. The molecule has 2 amide bonds. The standard InChI is InChI=1S/C19H19F3N2O2/c1-12(2)11-23-17(25)13-7-9-14(10-8-13)18(26)24-16-6-4-3-5-15(16)19(20,21)22/h3-10,12H,11H2,1-2H3,(H,23,25)(H,24,26). The van der Waals surface area contributed by atoms with Gasteiger partial charge in [-0.25, -0.2) is 0 Å². The topological polar surface area (TPSA) is 58.2 Å². The number of halogens is 3. The molecule has 0 aliphatic rings. The number of rotatable bonds is 5. The Morgan fingerprint density at radius 1 is 0.923 bits per heavy atom. The predicted octanol–water partition coefficient (Wildman–Crippen LogP) is 4.34. The second kappa shape index (κ2) is 8.03. The van der Waals surface area contributed by atoms with Gasteiger partial charge < -0.3 is 10.6 Å². The Kier molecular flexibility index (Phi) is 6.02. The van der Waals surface area contributed by atoms with Gasteiger partial charge in [0, 0.05) is 17.7 Å². The van der Waals surface area contributed by atoms with Crippen molar-refractivity contribution in [2.75, 3.05) is 11.9 Å². The van der Waals surface area contributed by atoms with Crippen molar-refractivity contribution < 1.29 is 22.8 Å². The lowest BCUT2D eigenvalue weighted by atomic mass is 10.1. The maximum Gasteiger partial charge on any atom is 0.418 e. The normalized spacial score (nSPS) is 11.3. The van der Waals surface area contributed by atoms with Crippen molar-refractivity contribution in [1.82, 2.24) is 5.32 Å². The first-order valence-electron chi connectivity index (χ1n) is 8.04. The van der Waals surface area contributed by atoms with Gasteiger partial charge in [-0.15, -0.1) is 0 Å². The second-order valence-electron chi connectivity index (χ2n) is 6.18. The fourth-order valence-corrected chi connectivity index (χ4v) is 2.21. The molecular weight excluding hydrogens is 345 g/mol. The number of carbonyl (C=O) groups excluding carboxylic acids is 2. The van der Waals surface area contributed by atoms with Crippen molar-refractivity contribution in [2.24, 2.45) is 5.92 Å². The third-order valence-electron chi connectivity index (χ3n) is 3.56. The summed E-state index contributed by atoms with van der Waals surface area (Å²) in [6.07, 6.45) is -4.57. The maximum atomic E-state index is 13.0. The smallest absolute Gasteiger partial charge is 0.352 e. The van der Waals surface area contributed by atoms with Crippen LogP contribution in [-0.2, 0) is 6.18 Å². The van der Waals surface area contributed by atoms with Crippen LogP contribution in [0.4, 0.5) is 18.9 Å². The third-order valence-corrected chi connectivity index (χ3v) is 3.56. The van der Waals surface area contributed by atoms with Crippen molar-refractivity contribution in [3.05, 3.63) is 65.2 Å². The zero-order valence-corrected chi connectivity index (χ0v) is 14.4. The Balaban J connectivity index is 2.11. The average molecular weight is 364 g/mol. The van der Waals surface area contributed by atoms with Crippen molar-refractivity contribution in [3.63, 3.8) is 0 Å². The lowest BCUT2D eigenvalue weighted by Crippen LogP contribution is -2.27. The monoisotopic (exact) mass is 364 g/mol. The first-order valence-corrected chi connectivity index (χ1v) is 8.04. The lowest BCUT2D eigenvalue weighted by Gasteiger charge is -2.13. The van der Waals surface area contributed by atoms with Crippen molar-refractivity contribution in [3.8, 4) is 0 Å². The molecule has 0 fully saturated rings. The summed E-state index contributed by atoms with van der Waals surface area (Å²) in [7, 11) is 0. The molecule has 7 heteroatoms. The molecule has 0 spiro atoms. The Labute approximate surface area is 149 Å². The Bertz CT molecular complexity index is 784. The minimum atomic E-state index is -4.57. The van der Waals surface area contributed by atoms with Crippen LogP contribution in [0, 0.1) is 5.92 Å². The highest BCUT2D eigenvalue weighted by molar-refractivity contribution is 6.05. The first-order chi connectivity index (χ1) is 12.2. The van der Waals surface area contributed by atoms with Gasteiger partial charge in [0.25, 0.3) is 11.8 Å². The van der Waals surface area contributed by atoms with Crippen LogP contribution in [0.3, 0.4) is 0 Å². The number of hydrogen-bond donors (Lipinski definition) is 2. The SMILES string of the molecule is CC(C)CNC(=O)c1ccc(C(=O)Nc2ccccc2C(F)(F)F)cc1. The molecule has 0 radical (unpaired) electrons. The summed E-state index contributed by atoms with van der Waals surface area (Å²) < 4.78 is 38.9. The summed E-state index contributed by atoms with van der Waals surface area (Å²) in [6.45, 7) is 4.45. The fraction of sp³-hybridized carbons (Fsp3) is 0.263. The third kappa shape index (κ3) is 5.08. The van der Waals surface area contributed by atoms with Gasteiger partial charge in [0.2, 0.25) is 0 Å². The van der Waals surface area contributed by atoms with Crippen LogP contribution in [0.25, 0.3) is 0 Å². The van der Waals surface area contributed by atoms with E-state index in [4.69, 9.17) is 0 Å². The van der Waals surface area contributed by atoms with Gasteiger partial charge in [-0.2, -0.15) is 13.2 Å². The van der Waals surface area contributed by atoms with Crippen LogP contribution in [0.2, 0.25) is 0 Å². The van der Waals surface area contributed by atoms with Crippen LogP contribution in [0.15, 0.2) is 48.5 Å². The van der Waals surface area contributed by atoms with E-state index >= 15 is 0 Å². The number of benzene rings is 2. The van der Waals surface area contributed by atoms with E-state index in [2.05, 4.69) is 10.6 Å². The van der Waals surface area contributed by atoms with Gasteiger partial charge in [0.15, 0.2) is 0 Å². The molecule has 0 atom stereocenters. The molecule has 0 saturated heterocycles. The van der Waals surface area contributed by atoms with Gasteiger partial charge in [0.1, 0.15) is 0 Å². The summed E-state index contributed by atoms with van der Waals surface area (Å²) in [6, 6.07) is 10.5. The number of carbonyl (C=O) groups is 2. The Morgan fingerprint density at radius 2 is 1.46 bits per heavy atom. The quantitative estimate of drug-likeness (QED) is 0.829. The second-order valence-corrected chi connectivity index (χ2v) is 6.18. The lowest BCUT2D eigenvalue weighted by molar-refractivity contribution is -0.136. The maximum absolute atomic E-state index is 13.0. The molecule has 0 bridgehead atoms. The van der Waals surface area contributed by atoms with Crippen molar-refractivity contribution >= 4 is 17.5 Å². The molecule has 0 aliphatic heterocycles. The van der Waals surface area contributed by atoms with Gasteiger partial charge >= 0.3 is 6.18 Å². The minimum Gasteiger partial charge on any atom is -0.352 e. The molecule has 2 N–H and O–H groups in total. The van der Waals surface area contributed by atoms with Crippen LogP contribution < -0.4 is 10.6 Å². The number of hydrogen-bond acceptors (Lipinski definition) is 2. The number of amides is 2. The minimum absolute atomic E-state index is 0.155. The van der Waals surface area contributed by atoms with E-state index in [0.29, 0.717) is 18.0 Å². The van der Waals surface area contributed by atoms with Crippen LogP contribution in [0.5, 0.6) is 0 Å². The Morgan fingerprint density at radius 3 is 2.00 bits per heavy atom. The summed E-state index contributed by atoms with van der Waals surface area (Å²) in [4.78, 5) is 24.2. The highest BCUT2D eigenvalue weighted by Gasteiger charge is 2.33. The molecule has 4 nitrogen and oxygen atoms in total. The van der Waals surface area contributed by atoms with Gasteiger partial charge in [-0.1, -0.05) is 26.0 Å². The summed E-state index contributed by atoms with van der Waals surface area (Å²) in [5, 5.41) is 5.01. The van der Waals surface area contributed by atoms with E-state index in [1.807, 2.05) is 13.8 Å². The van der Waals surface area contributed by atoms with E-state index in [0.717, 1.165) is 6.07 Å². The van der Waals surface area contributed by atoms with Crippen molar-refractivity contribution in [2.45, 2.75) is 20.0 Å². The molecule has 2 aromatic carbocycles. The molecule has 0 heterocycles. The van der Waals surface area contributed by atoms with Crippen LogP contribution in [-0.4, -0.2) is 18.4 Å². The van der Waals surface area contributed by atoms with E-state index in [1.54, 1.807) is 0 Å². The number of para-hydroxylation sites is 1. The number of alkyl halides is 3. The summed E-state index contributed by atoms with van der Waals surface area (Å²) in [5.41, 5.74) is -0.706. The molecule has 0 saturated carbocycles. The van der Waals surface area contributed by atoms with E-state index in [9.17, 15) is 22.8 Å². The highest BCUT2D eigenvalue weighted by Crippen LogP contribution is 2.34. The number of nitrogens with one attached hydrogen (secondary N) is 2. The zero-order chi connectivity index (χ0) is 19.3. The van der Waals surface area contributed by atoms with Gasteiger partial charge in [-0.05, 0) is 42.3 Å². The Hall–Kier alpha value is -2.83. The average Bonchev–Trinajstić information content (AvgIpc) is 2.59. The molecule has 138 valence electrons. The molecule has 0 aromatic heterocycles. The summed E-state index contributed by atoms with van der Waals surface area (Å²) >= 11 is 0. The largest absolute Gasteiger partial charge is 0.418 e.